The summed E-state index contributed by atoms with van der Waals surface area (Å²) in [5.74, 6) is -0.579. The number of aromatic carboxylic acids is 1. The largest absolute Gasteiger partial charge is 0.477 e. The average molecular weight is 358 g/mol. The maximum atomic E-state index is 11.4. The molecule has 2 aromatic rings. The Bertz CT molecular complexity index is 718. The number of nitrogens with zero attached hydrogens (tertiary/aromatic N) is 3. The Labute approximate surface area is 151 Å². The number of carboxylic acids is 1. The summed E-state index contributed by atoms with van der Waals surface area (Å²) in [6.07, 6.45) is 5.19. The van der Waals surface area contributed by atoms with Crippen LogP contribution in [0.1, 0.15) is 28.8 Å². The van der Waals surface area contributed by atoms with Crippen molar-refractivity contribution in [2.24, 2.45) is 0 Å². The van der Waals surface area contributed by atoms with Gasteiger partial charge in [0.1, 0.15) is 11.4 Å². The SMILES string of the molecule is CSc1ncc(C(=O)O)c(NC2CCN(Cc3ccccc3)CC2)n1. The predicted octanol–water partition coefficient (Wildman–Crippen LogP) is 2.97. The molecule has 1 saturated heterocycles. The molecule has 3 rings (SSSR count). The van der Waals surface area contributed by atoms with Crippen LogP contribution in [0.5, 0.6) is 0 Å². The van der Waals surface area contributed by atoms with E-state index in [9.17, 15) is 9.90 Å². The third-order valence-corrected chi connectivity index (χ3v) is 4.92. The standard InChI is InChI=1S/C18H22N4O2S/c1-25-18-19-11-15(17(23)24)16(21-18)20-14-7-9-22(10-8-14)12-13-5-3-2-4-6-13/h2-6,11,14H,7-10,12H2,1H3,(H,23,24)(H,19,20,21). The molecule has 2 N–H and O–H groups in total. The van der Waals surface area contributed by atoms with Crippen molar-refractivity contribution in [3.05, 3.63) is 47.7 Å². The molecular weight excluding hydrogens is 336 g/mol. The number of aromatic nitrogens is 2. The molecule has 25 heavy (non-hydrogen) atoms. The van der Waals surface area contributed by atoms with Gasteiger partial charge in [-0.3, -0.25) is 4.90 Å². The number of piperidine rings is 1. The Hall–Kier alpha value is -2.12. The van der Waals surface area contributed by atoms with Crippen LogP contribution in [0, 0.1) is 0 Å². The highest BCUT2D eigenvalue weighted by Gasteiger charge is 2.22. The maximum absolute atomic E-state index is 11.4. The van der Waals surface area contributed by atoms with Gasteiger partial charge in [-0.2, -0.15) is 0 Å². The van der Waals surface area contributed by atoms with Crippen molar-refractivity contribution < 1.29 is 9.90 Å². The lowest BCUT2D eigenvalue weighted by molar-refractivity contribution is 0.0696. The van der Waals surface area contributed by atoms with Crippen molar-refractivity contribution in [3.8, 4) is 0 Å². The van der Waals surface area contributed by atoms with E-state index in [1.54, 1.807) is 0 Å². The van der Waals surface area contributed by atoms with Gasteiger partial charge in [0, 0.05) is 31.9 Å². The molecule has 1 aromatic carbocycles. The lowest BCUT2D eigenvalue weighted by Crippen LogP contribution is -2.39. The van der Waals surface area contributed by atoms with Gasteiger partial charge >= 0.3 is 5.97 Å². The Kier molecular flexibility index (Phi) is 5.88. The van der Waals surface area contributed by atoms with Crippen molar-refractivity contribution >= 4 is 23.5 Å². The topological polar surface area (TPSA) is 78.3 Å². The first kappa shape index (κ1) is 17.7. The second kappa shape index (κ2) is 8.31. The van der Waals surface area contributed by atoms with Crippen LogP contribution in [0.3, 0.4) is 0 Å². The van der Waals surface area contributed by atoms with Crippen LogP contribution in [0.15, 0.2) is 41.7 Å². The monoisotopic (exact) mass is 358 g/mol. The van der Waals surface area contributed by atoms with Crippen LogP contribution in [0.4, 0.5) is 5.82 Å². The summed E-state index contributed by atoms with van der Waals surface area (Å²) >= 11 is 1.40. The molecule has 0 spiro atoms. The van der Waals surface area contributed by atoms with Gasteiger partial charge in [0.2, 0.25) is 0 Å². The number of thioether (sulfide) groups is 1. The number of nitrogens with one attached hydrogen (secondary N) is 1. The van der Waals surface area contributed by atoms with Crippen molar-refractivity contribution in [2.75, 3.05) is 24.7 Å². The quantitative estimate of drug-likeness (QED) is 0.607. The van der Waals surface area contributed by atoms with Crippen LogP contribution in [-0.4, -0.2) is 51.3 Å². The molecule has 6 nitrogen and oxygen atoms in total. The molecule has 0 aliphatic carbocycles. The Morgan fingerprint density at radius 2 is 2.04 bits per heavy atom. The summed E-state index contributed by atoms with van der Waals surface area (Å²) < 4.78 is 0. The third-order valence-electron chi connectivity index (χ3n) is 4.36. The second-order valence-corrected chi connectivity index (χ2v) is 6.88. The van der Waals surface area contributed by atoms with Gasteiger partial charge in [0.15, 0.2) is 5.16 Å². The molecule has 0 radical (unpaired) electrons. The van der Waals surface area contributed by atoms with E-state index in [-0.39, 0.29) is 11.6 Å². The molecule has 1 fully saturated rings. The zero-order chi connectivity index (χ0) is 17.6. The Balaban J connectivity index is 1.59. The van der Waals surface area contributed by atoms with Gasteiger partial charge in [-0.1, -0.05) is 42.1 Å². The lowest BCUT2D eigenvalue weighted by atomic mass is 10.0. The molecule has 2 heterocycles. The highest BCUT2D eigenvalue weighted by Crippen LogP contribution is 2.21. The molecule has 132 valence electrons. The van der Waals surface area contributed by atoms with Crippen LogP contribution >= 0.6 is 11.8 Å². The van der Waals surface area contributed by atoms with Gasteiger partial charge in [-0.25, -0.2) is 14.8 Å². The normalized spacial score (nSPS) is 15.9. The molecule has 0 amide bonds. The van der Waals surface area contributed by atoms with Crippen LogP contribution in [0.2, 0.25) is 0 Å². The summed E-state index contributed by atoms with van der Waals surface area (Å²) in [6.45, 7) is 2.92. The fraction of sp³-hybridized carbons (Fsp3) is 0.389. The summed E-state index contributed by atoms with van der Waals surface area (Å²) in [5.41, 5.74) is 1.45. The summed E-state index contributed by atoms with van der Waals surface area (Å²) in [5, 5.41) is 13.2. The molecule has 1 aromatic heterocycles. The van der Waals surface area contributed by atoms with Gasteiger partial charge < -0.3 is 10.4 Å². The molecule has 1 aliphatic heterocycles. The number of carbonyl (C=O) groups is 1. The highest BCUT2D eigenvalue weighted by atomic mass is 32.2. The molecule has 1 aliphatic rings. The van der Waals surface area contributed by atoms with Crippen LogP contribution in [0.25, 0.3) is 0 Å². The second-order valence-electron chi connectivity index (χ2n) is 6.10. The lowest BCUT2D eigenvalue weighted by Gasteiger charge is -2.32. The number of rotatable bonds is 6. The zero-order valence-electron chi connectivity index (χ0n) is 14.2. The van der Waals surface area contributed by atoms with E-state index in [0.717, 1.165) is 32.5 Å². The summed E-state index contributed by atoms with van der Waals surface area (Å²) in [6, 6.07) is 10.7. The van der Waals surface area contributed by atoms with E-state index in [0.29, 0.717) is 11.0 Å². The first-order valence-electron chi connectivity index (χ1n) is 8.33. The minimum Gasteiger partial charge on any atom is -0.477 e. The van der Waals surface area contributed by atoms with E-state index in [1.165, 1.54) is 23.5 Å². The molecule has 0 unspecified atom stereocenters. The van der Waals surface area contributed by atoms with E-state index in [4.69, 9.17) is 0 Å². The number of carboxylic acid groups (broad SMARTS) is 1. The smallest absolute Gasteiger partial charge is 0.341 e. The van der Waals surface area contributed by atoms with Crippen molar-refractivity contribution in [2.45, 2.75) is 30.6 Å². The van der Waals surface area contributed by atoms with Crippen molar-refractivity contribution in [1.82, 2.24) is 14.9 Å². The number of hydrogen-bond acceptors (Lipinski definition) is 6. The van der Waals surface area contributed by atoms with Gasteiger partial charge in [-0.15, -0.1) is 0 Å². The summed E-state index contributed by atoms with van der Waals surface area (Å²) in [4.78, 5) is 22.2. The molecule has 0 atom stereocenters. The first-order chi connectivity index (χ1) is 12.2. The minimum absolute atomic E-state index is 0.129. The van der Waals surface area contributed by atoms with Crippen molar-refractivity contribution in [1.29, 1.82) is 0 Å². The fourth-order valence-corrected chi connectivity index (χ4v) is 3.34. The Morgan fingerprint density at radius 3 is 2.68 bits per heavy atom. The predicted molar refractivity (Wildman–Crippen MR) is 99.1 cm³/mol. The zero-order valence-corrected chi connectivity index (χ0v) is 15.0. The number of benzene rings is 1. The van der Waals surface area contributed by atoms with Gasteiger partial charge in [-0.05, 0) is 24.7 Å². The van der Waals surface area contributed by atoms with Crippen molar-refractivity contribution in [3.63, 3.8) is 0 Å². The van der Waals surface area contributed by atoms with E-state index in [2.05, 4.69) is 44.5 Å². The van der Waals surface area contributed by atoms with E-state index >= 15 is 0 Å². The third kappa shape index (κ3) is 4.70. The van der Waals surface area contributed by atoms with E-state index < -0.39 is 5.97 Å². The highest BCUT2D eigenvalue weighted by molar-refractivity contribution is 7.98. The molecule has 0 bridgehead atoms. The van der Waals surface area contributed by atoms with Crippen LogP contribution in [-0.2, 0) is 6.54 Å². The molecule has 0 saturated carbocycles. The number of hydrogen-bond donors (Lipinski definition) is 2. The van der Waals surface area contributed by atoms with Gasteiger partial charge in [0.25, 0.3) is 0 Å². The number of anilines is 1. The van der Waals surface area contributed by atoms with Gasteiger partial charge in [0.05, 0.1) is 0 Å². The number of likely N-dealkylation sites (tertiary alicyclic amines) is 1. The summed E-state index contributed by atoms with van der Waals surface area (Å²) in [7, 11) is 0. The Morgan fingerprint density at radius 1 is 1.32 bits per heavy atom. The average Bonchev–Trinajstić information content (AvgIpc) is 2.64. The maximum Gasteiger partial charge on any atom is 0.341 e. The first-order valence-corrected chi connectivity index (χ1v) is 9.55. The molecular formula is C18H22N4O2S. The molecule has 7 heteroatoms. The fourth-order valence-electron chi connectivity index (χ4n) is 3.00. The minimum atomic E-state index is -1.00. The van der Waals surface area contributed by atoms with Crippen LogP contribution < -0.4 is 5.32 Å². The van der Waals surface area contributed by atoms with E-state index in [1.807, 2.05) is 12.3 Å².